The summed E-state index contributed by atoms with van der Waals surface area (Å²) in [5, 5.41) is 0. The minimum atomic E-state index is -0.402. The maximum Gasteiger partial charge on any atom is 0.357 e. The molecule has 0 radical (unpaired) electrons. The second-order valence-corrected chi connectivity index (χ2v) is 3.28. The van der Waals surface area contributed by atoms with Gasteiger partial charge in [0.25, 0.3) is 0 Å². The van der Waals surface area contributed by atoms with E-state index in [9.17, 15) is 4.79 Å². The van der Waals surface area contributed by atoms with Crippen LogP contribution in [0, 0.1) is 6.92 Å². The van der Waals surface area contributed by atoms with Crippen molar-refractivity contribution in [2.45, 2.75) is 20.3 Å². The van der Waals surface area contributed by atoms with Crippen LogP contribution in [0.25, 0.3) is 0 Å². The molecule has 0 saturated carbocycles. The number of nitrogens with zero attached hydrogens (tertiary/aromatic N) is 2. The lowest BCUT2D eigenvalue weighted by Gasteiger charge is -2.06. The van der Waals surface area contributed by atoms with Crippen LogP contribution in [-0.4, -0.2) is 36.3 Å². The molecule has 1 aromatic rings. The van der Waals surface area contributed by atoms with E-state index >= 15 is 0 Å². The normalized spacial score (nSPS) is 10.2. The molecule has 0 spiro atoms. The van der Waals surface area contributed by atoms with Crippen molar-refractivity contribution in [1.82, 2.24) is 9.97 Å². The van der Waals surface area contributed by atoms with E-state index in [0.717, 1.165) is 5.56 Å². The molecule has 1 heterocycles. The molecule has 0 amide bonds. The highest BCUT2D eigenvalue weighted by Gasteiger charge is 2.13. The number of ether oxygens (including phenoxy) is 2. The Morgan fingerprint density at radius 1 is 1.50 bits per heavy atom. The molecule has 5 heteroatoms. The zero-order chi connectivity index (χ0) is 12.0. The summed E-state index contributed by atoms with van der Waals surface area (Å²) in [6.45, 7) is 4.42. The Labute approximate surface area is 94.8 Å². The third-order valence-corrected chi connectivity index (χ3v) is 2.02. The SMILES string of the molecule is CCOC(=O)c1nc(CCOC)ncc1C. The molecule has 0 fully saturated rings. The van der Waals surface area contributed by atoms with E-state index in [2.05, 4.69) is 9.97 Å². The van der Waals surface area contributed by atoms with Crippen molar-refractivity contribution in [3.8, 4) is 0 Å². The van der Waals surface area contributed by atoms with Gasteiger partial charge in [0.15, 0.2) is 5.69 Å². The lowest BCUT2D eigenvalue weighted by molar-refractivity contribution is 0.0517. The van der Waals surface area contributed by atoms with E-state index in [1.807, 2.05) is 0 Å². The van der Waals surface area contributed by atoms with E-state index in [0.29, 0.717) is 31.2 Å². The fourth-order valence-electron chi connectivity index (χ4n) is 1.20. The molecule has 88 valence electrons. The summed E-state index contributed by atoms with van der Waals surface area (Å²) in [6, 6.07) is 0. The molecule has 0 aromatic carbocycles. The van der Waals surface area contributed by atoms with Crippen LogP contribution in [0.5, 0.6) is 0 Å². The summed E-state index contributed by atoms with van der Waals surface area (Å²) < 4.78 is 9.84. The van der Waals surface area contributed by atoms with Crippen LogP contribution in [-0.2, 0) is 15.9 Å². The molecule has 0 unspecified atom stereocenters. The van der Waals surface area contributed by atoms with Gasteiger partial charge in [-0.1, -0.05) is 0 Å². The Morgan fingerprint density at radius 2 is 2.25 bits per heavy atom. The van der Waals surface area contributed by atoms with Gasteiger partial charge in [-0.15, -0.1) is 0 Å². The quantitative estimate of drug-likeness (QED) is 0.702. The van der Waals surface area contributed by atoms with Crippen molar-refractivity contribution < 1.29 is 14.3 Å². The average Bonchev–Trinajstić information content (AvgIpc) is 2.28. The van der Waals surface area contributed by atoms with Crippen molar-refractivity contribution in [3.05, 3.63) is 23.3 Å². The zero-order valence-electron chi connectivity index (χ0n) is 9.82. The summed E-state index contributed by atoms with van der Waals surface area (Å²) in [7, 11) is 1.61. The summed E-state index contributed by atoms with van der Waals surface area (Å²) in [4.78, 5) is 19.8. The number of hydrogen-bond acceptors (Lipinski definition) is 5. The first-order valence-electron chi connectivity index (χ1n) is 5.17. The molecule has 0 aliphatic rings. The molecule has 16 heavy (non-hydrogen) atoms. The molecule has 0 saturated heterocycles. The van der Waals surface area contributed by atoms with Crippen LogP contribution < -0.4 is 0 Å². The first-order chi connectivity index (χ1) is 7.69. The lowest BCUT2D eigenvalue weighted by Crippen LogP contribution is -2.12. The van der Waals surface area contributed by atoms with Gasteiger partial charge in [-0.3, -0.25) is 0 Å². The maximum absolute atomic E-state index is 11.5. The number of carbonyl (C=O) groups is 1. The Balaban J connectivity index is 2.85. The number of aryl methyl sites for hydroxylation is 1. The molecule has 0 N–H and O–H groups in total. The van der Waals surface area contributed by atoms with E-state index in [1.165, 1.54) is 0 Å². The first kappa shape index (κ1) is 12.6. The fraction of sp³-hybridized carbons (Fsp3) is 0.545. The molecule has 0 bridgehead atoms. The fourth-order valence-corrected chi connectivity index (χ4v) is 1.20. The van der Waals surface area contributed by atoms with Crippen molar-refractivity contribution >= 4 is 5.97 Å². The van der Waals surface area contributed by atoms with Crippen LogP contribution in [0.4, 0.5) is 0 Å². The van der Waals surface area contributed by atoms with E-state index in [1.54, 1.807) is 27.2 Å². The van der Waals surface area contributed by atoms with Crippen molar-refractivity contribution in [2.75, 3.05) is 20.3 Å². The predicted octanol–water partition coefficient (Wildman–Crippen LogP) is 1.15. The van der Waals surface area contributed by atoms with Crippen LogP contribution in [0.2, 0.25) is 0 Å². The number of rotatable bonds is 5. The Hall–Kier alpha value is -1.49. The Morgan fingerprint density at radius 3 is 2.88 bits per heavy atom. The molecular formula is C11H16N2O3. The van der Waals surface area contributed by atoms with Gasteiger partial charge in [0, 0.05) is 25.3 Å². The third kappa shape index (κ3) is 3.27. The predicted molar refractivity (Wildman–Crippen MR) is 58.3 cm³/mol. The highest BCUT2D eigenvalue weighted by atomic mass is 16.5. The van der Waals surface area contributed by atoms with E-state index < -0.39 is 5.97 Å². The highest BCUT2D eigenvalue weighted by Crippen LogP contribution is 2.06. The minimum absolute atomic E-state index is 0.336. The van der Waals surface area contributed by atoms with Crippen LogP contribution in [0.15, 0.2) is 6.20 Å². The van der Waals surface area contributed by atoms with Crippen LogP contribution in [0.1, 0.15) is 28.8 Å². The molecule has 5 nitrogen and oxygen atoms in total. The molecule has 0 aliphatic heterocycles. The number of hydrogen-bond donors (Lipinski definition) is 0. The van der Waals surface area contributed by atoms with Gasteiger partial charge in [0.2, 0.25) is 0 Å². The van der Waals surface area contributed by atoms with E-state index in [-0.39, 0.29) is 0 Å². The van der Waals surface area contributed by atoms with Crippen LogP contribution >= 0.6 is 0 Å². The standard InChI is InChI=1S/C11H16N2O3/c1-4-16-11(14)10-8(2)7-12-9(13-10)5-6-15-3/h7H,4-6H2,1-3H3. The van der Waals surface area contributed by atoms with Gasteiger partial charge in [-0.05, 0) is 13.8 Å². The van der Waals surface area contributed by atoms with Gasteiger partial charge in [-0.25, -0.2) is 14.8 Å². The first-order valence-corrected chi connectivity index (χ1v) is 5.17. The topological polar surface area (TPSA) is 61.3 Å². The number of methoxy groups -OCH3 is 1. The van der Waals surface area contributed by atoms with Gasteiger partial charge >= 0.3 is 5.97 Å². The van der Waals surface area contributed by atoms with E-state index in [4.69, 9.17) is 9.47 Å². The molecule has 0 aliphatic carbocycles. The zero-order valence-corrected chi connectivity index (χ0v) is 9.82. The lowest BCUT2D eigenvalue weighted by atomic mass is 10.2. The smallest absolute Gasteiger partial charge is 0.357 e. The summed E-state index contributed by atoms with van der Waals surface area (Å²) >= 11 is 0. The monoisotopic (exact) mass is 224 g/mol. The minimum Gasteiger partial charge on any atom is -0.461 e. The second kappa shape index (κ2) is 6.17. The average molecular weight is 224 g/mol. The molecule has 1 aromatic heterocycles. The molecule has 0 atom stereocenters. The Kier molecular flexibility index (Phi) is 4.85. The summed E-state index contributed by atoms with van der Waals surface area (Å²) in [5.41, 5.74) is 1.06. The summed E-state index contributed by atoms with van der Waals surface area (Å²) in [5.74, 6) is 0.191. The summed E-state index contributed by atoms with van der Waals surface area (Å²) in [6.07, 6.45) is 2.22. The second-order valence-electron chi connectivity index (χ2n) is 3.28. The largest absolute Gasteiger partial charge is 0.461 e. The van der Waals surface area contributed by atoms with Gasteiger partial charge < -0.3 is 9.47 Å². The third-order valence-electron chi connectivity index (χ3n) is 2.02. The van der Waals surface area contributed by atoms with Crippen molar-refractivity contribution in [2.24, 2.45) is 0 Å². The van der Waals surface area contributed by atoms with Gasteiger partial charge in [-0.2, -0.15) is 0 Å². The molecular weight excluding hydrogens is 208 g/mol. The van der Waals surface area contributed by atoms with Crippen LogP contribution in [0.3, 0.4) is 0 Å². The Bertz CT molecular complexity index is 366. The van der Waals surface area contributed by atoms with Gasteiger partial charge in [0.05, 0.1) is 13.2 Å². The maximum atomic E-state index is 11.5. The van der Waals surface area contributed by atoms with Crippen molar-refractivity contribution in [1.29, 1.82) is 0 Å². The number of aromatic nitrogens is 2. The molecule has 1 rings (SSSR count). The highest BCUT2D eigenvalue weighted by molar-refractivity contribution is 5.88. The van der Waals surface area contributed by atoms with Crippen molar-refractivity contribution in [3.63, 3.8) is 0 Å². The van der Waals surface area contributed by atoms with Gasteiger partial charge in [0.1, 0.15) is 5.82 Å². The number of esters is 1. The number of carbonyl (C=O) groups excluding carboxylic acids is 1.